The zero-order chi connectivity index (χ0) is 17.8. The van der Waals surface area contributed by atoms with Gasteiger partial charge in [0.2, 0.25) is 0 Å². The highest BCUT2D eigenvalue weighted by molar-refractivity contribution is 6.41. The Morgan fingerprint density at radius 2 is 1.92 bits per heavy atom. The fourth-order valence-electron chi connectivity index (χ4n) is 3.24. The molecule has 0 aromatic heterocycles. The van der Waals surface area contributed by atoms with Crippen molar-refractivity contribution in [3.63, 3.8) is 0 Å². The van der Waals surface area contributed by atoms with E-state index < -0.39 is 17.7 Å². The van der Waals surface area contributed by atoms with Gasteiger partial charge in [-0.1, -0.05) is 47.5 Å². The van der Waals surface area contributed by atoms with Crippen molar-refractivity contribution < 1.29 is 14.3 Å². The zero-order valence-electron chi connectivity index (χ0n) is 13.3. The number of esters is 1. The standard InChI is InChI=1S/C18H14Cl2N2O3/c1-2-24-17(23)18-15(25-18)10-6-3-4-9-13(10)22(16(18)21)14-11(19)7-5-8-12(14)20/h3-9,15,21H,2H2,1H3. The lowest BCUT2D eigenvalue weighted by Gasteiger charge is -2.33. The lowest BCUT2D eigenvalue weighted by Crippen LogP contribution is -2.47. The molecule has 1 N–H and O–H groups in total. The van der Waals surface area contributed by atoms with Crippen LogP contribution in [0, 0.1) is 5.41 Å². The van der Waals surface area contributed by atoms with Gasteiger partial charge in [-0.05, 0) is 25.1 Å². The number of epoxide rings is 1. The van der Waals surface area contributed by atoms with Crippen LogP contribution in [0.15, 0.2) is 42.5 Å². The molecule has 0 amide bonds. The molecule has 2 aromatic carbocycles. The minimum absolute atomic E-state index is 0.0512. The molecule has 0 bridgehead atoms. The molecule has 2 aromatic rings. The number of para-hydroxylation sites is 2. The predicted molar refractivity (Wildman–Crippen MR) is 96.0 cm³/mol. The number of carbonyl (C=O) groups is 1. The summed E-state index contributed by atoms with van der Waals surface area (Å²) in [4.78, 5) is 14.1. The van der Waals surface area contributed by atoms with E-state index in [9.17, 15) is 4.79 Å². The van der Waals surface area contributed by atoms with E-state index in [4.69, 9.17) is 38.1 Å². The Bertz CT molecular complexity index is 881. The van der Waals surface area contributed by atoms with Gasteiger partial charge < -0.3 is 9.47 Å². The number of hydrogen-bond acceptors (Lipinski definition) is 4. The second-order valence-electron chi connectivity index (χ2n) is 5.77. The third kappa shape index (κ3) is 2.20. The number of anilines is 2. The molecule has 0 saturated carbocycles. The summed E-state index contributed by atoms with van der Waals surface area (Å²) in [5.74, 6) is -0.627. The first-order chi connectivity index (χ1) is 12.0. The Morgan fingerprint density at radius 3 is 2.60 bits per heavy atom. The van der Waals surface area contributed by atoms with Crippen LogP contribution in [0.2, 0.25) is 10.0 Å². The fourth-order valence-corrected chi connectivity index (χ4v) is 3.81. The topological polar surface area (TPSA) is 65.9 Å². The van der Waals surface area contributed by atoms with Crippen LogP contribution >= 0.6 is 23.2 Å². The van der Waals surface area contributed by atoms with Crippen LogP contribution in [-0.4, -0.2) is 24.0 Å². The van der Waals surface area contributed by atoms with Crippen LogP contribution in [0.1, 0.15) is 18.6 Å². The largest absolute Gasteiger partial charge is 0.463 e. The maximum Gasteiger partial charge on any atom is 0.349 e. The first kappa shape index (κ1) is 16.4. The summed E-state index contributed by atoms with van der Waals surface area (Å²) in [6.45, 7) is 1.92. The SMILES string of the molecule is CCOC(=O)C12OC1c1ccccc1N(c1c(Cl)cccc1Cl)C2=N. The highest BCUT2D eigenvalue weighted by atomic mass is 35.5. The molecule has 1 saturated heterocycles. The lowest BCUT2D eigenvalue weighted by molar-refractivity contribution is -0.146. The molecule has 2 aliphatic heterocycles. The van der Waals surface area contributed by atoms with E-state index in [-0.39, 0.29) is 12.4 Å². The number of ether oxygens (including phenoxy) is 2. The average Bonchev–Trinajstić information content (AvgIpc) is 3.35. The Labute approximate surface area is 154 Å². The number of fused-ring (bicyclic) bond motifs is 3. The molecule has 7 heteroatoms. The summed E-state index contributed by atoms with van der Waals surface area (Å²) < 4.78 is 10.9. The first-order valence-electron chi connectivity index (χ1n) is 7.79. The molecule has 4 rings (SSSR count). The van der Waals surface area contributed by atoms with Crippen molar-refractivity contribution in [2.45, 2.75) is 18.6 Å². The Kier molecular flexibility index (Phi) is 3.76. The normalized spacial score (nSPS) is 23.7. The number of rotatable bonds is 3. The summed E-state index contributed by atoms with van der Waals surface area (Å²) in [5.41, 5.74) is 0.501. The van der Waals surface area contributed by atoms with E-state index in [0.29, 0.717) is 21.4 Å². The summed E-state index contributed by atoms with van der Waals surface area (Å²) in [6.07, 6.45) is -0.534. The molecule has 2 unspecified atom stereocenters. The highest BCUT2D eigenvalue weighted by Gasteiger charge is 2.72. The number of hydrogen-bond donors (Lipinski definition) is 1. The predicted octanol–water partition coefficient (Wildman–Crippen LogP) is 4.50. The van der Waals surface area contributed by atoms with Gasteiger partial charge in [-0.2, -0.15) is 0 Å². The molecule has 0 spiro atoms. The van der Waals surface area contributed by atoms with Gasteiger partial charge in [0.15, 0.2) is 5.84 Å². The van der Waals surface area contributed by atoms with Crippen molar-refractivity contribution >= 4 is 46.4 Å². The summed E-state index contributed by atoms with van der Waals surface area (Å²) in [5, 5.41) is 9.45. The molecular weight excluding hydrogens is 363 g/mol. The molecule has 2 aliphatic rings. The number of amidine groups is 1. The maximum atomic E-state index is 12.5. The van der Waals surface area contributed by atoms with Crippen LogP contribution in [0.25, 0.3) is 0 Å². The van der Waals surface area contributed by atoms with Crippen molar-refractivity contribution in [2.75, 3.05) is 11.5 Å². The van der Waals surface area contributed by atoms with E-state index in [2.05, 4.69) is 0 Å². The molecule has 5 nitrogen and oxygen atoms in total. The van der Waals surface area contributed by atoms with E-state index in [0.717, 1.165) is 5.56 Å². The summed E-state index contributed by atoms with van der Waals surface area (Å²) in [6, 6.07) is 12.5. The molecule has 2 atom stereocenters. The number of carbonyl (C=O) groups excluding carboxylic acids is 1. The monoisotopic (exact) mass is 376 g/mol. The molecule has 25 heavy (non-hydrogen) atoms. The lowest BCUT2D eigenvalue weighted by atomic mass is 9.90. The van der Waals surface area contributed by atoms with E-state index >= 15 is 0 Å². The third-order valence-electron chi connectivity index (χ3n) is 4.39. The summed E-state index contributed by atoms with van der Waals surface area (Å²) in [7, 11) is 0. The molecule has 2 heterocycles. The molecule has 1 fully saturated rings. The van der Waals surface area contributed by atoms with Crippen molar-refractivity contribution in [2.24, 2.45) is 0 Å². The van der Waals surface area contributed by atoms with E-state index in [1.54, 1.807) is 30.0 Å². The fraction of sp³-hybridized carbons (Fsp3) is 0.222. The second kappa shape index (κ2) is 5.73. The quantitative estimate of drug-likeness (QED) is 0.632. The van der Waals surface area contributed by atoms with Gasteiger partial charge in [0, 0.05) is 5.56 Å². The van der Waals surface area contributed by atoms with Gasteiger partial charge in [-0.15, -0.1) is 0 Å². The van der Waals surface area contributed by atoms with Crippen molar-refractivity contribution in [3.8, 4) is 0 Å². The van der Waals surface area contributed by atoms with Gasteiger partial charge in [0.25, 0.3) is 5.60 Å². The van der Waals surface area contributed by atoms with Crippen molar-refractivity contribution in [1.29, 1.82) is 5.41 Å². The number of nitrogens with zero attached hydrogens (tertiary/aromatic N) is 1. The van der Waals surface area contributed by atoms with Gasteiger partial charge in [-0.3, -0.25) is 10.3 Å². The van der Waals surface area contributed by atoms with Gasteiger partial charge in [0.05, 0.1) is 28.0 Å². The van der Waals surface area contributed by atoms with Crippen LogP contribution in [0.5, 0.6) is 0 Å². The Hall–Kier alpha value is -2.08. The van der Waals surface area contributed by atoms with E-state index in [1.807, 2.05) is 24.3 Å². The number of nitrogens with one attached hydrogen (secondary N) is 1. The molecule has 0 aliphatic carbocycles. The van der Waals surface area contributed by atoms with Crippen molar-refractivity contribution in [1.82, 2.24) is 0 Å². The smallest absolute Gasteiger partial charge is 0.349 e. The maximum absolute atomic E-state index is 12.5. The molecule has 0 radical (unpaired) electrons. The highest BCUT2D eigenvalue weighted by Crippen LogP contribution is 2.60. The minimum atomic E-state index is -1.45. The van der Waals surface area contributed by atoms with Gasteiger partial charge in [0.1, 0.15) is 6.10 Å². The first-order valence-corrected chi connectivity index (χ1v) is 8.55. The van der Waals surface area contributed by atoms with Crippen LogP contribution in [-0.2, 0) is 14.3 Å². The average molecular weight is 377 g/mol. The van der Waals surface area contributed by atoms with Crippen LogP contribution in [0.3, 0.4) is 0 Å². The number of benzene rings is 2. The van der Waals surface area contributed by atoms with Crippen LogP contribution in [0.4, 0.5) is 11.4 Å². The molecule has 128 valence electrons. The van der Waals surface area contributed by atoms with Crippen molar-refractivity contribution in [3.05, 3.63) is 58.1 Å². The summed E-state index contributed by atoms with van der Waals surface area (Å²) >= 11 is 12.7. The molecular formula is C18H14Cl2N2O3. The minimum Gasteiger partial charge on any atom is -0.463 e. The van der Waals surface area contributed by atoms with Gasteiger partial charge >= 0.3 is 5.97 Å². The second-order valence-corrected chi connectivity index (χ2v) is 6.58. The van der Waals surface area contributed by atoms with E-state index in [1.165, 1.54) is 0 Å². The Balaban J connectivity index is 1.93. The third-order valence-corrected chi connectivity index (χ3v) is 5.00. The Morgan fingerprint density at radius 1 is 1.24 bits per heavy atom. The zero-order valence-corrected chi connectivity index (χ0v) is 14.8. The number of halogens is 2. The van der Waals surface area contributed by atoms with Crippen LogP contribution < -0.4 is 4.90 Å². The van der Waals surface area contributed by atoms with Gasteiger partial charge in [-0.25, -0.2) is 4.79 Å².